The lowest BCUT2D eigenvalue weighted by Gasteiger charge is -2.16. The van der Waals surface area contributed by atoms with Crippen molar-refractivity contribution < 1.29 is 24.3 Å². The van der Waals surface area contributed by atoms with Crippen LogP contribution in [0.5, 0.6) is 11.5 Å². The SMILES string of the molecule is CCOc1cc(C=Nn2c([C@H](C)CC)nc3ccc(Br)cc3c2=O)cc([N+](=O)[O-])c1O[C@@H](C)C(=O)O. The topological polar surface area (TPSA) is 146 Å². The summed E-state index contributed by atoms with van der Waals surface area (Å²) in [7, 11) is 0. The van der Waals surface area contributed by atoms with Crippen LogP contribution in [0.15, 0.2) is 44.7 Å². The number of hydrogen-bond acceptors (Lipinski definition) is 8. The molecular formula is C24H25BrN4O7. The van der Waals surface area contributed by atoms with Gasteiger partial charge in [-0.2, -0.15) is 9.78 Å². The van der Waals surface area contributed by atoms with Gasteiger partial charge in [-0.3, -0.25) is 14.9 Å². The summed E-state index contributed by atoms with van der Waals surface area (Å²) in [6.07, 6.45) is 0.651. The molecule has 0 spiro atoms. The molecule has 0 saturated carbocycles. The minimum Gasteiger partial charge on any atom is -0.490 e. The predicted octanol–water partition coefficient (Wildman–Crippen LogP) is 4.71. The Hall–Kier alpha value is -3.80. The third-order valence-electron chi connectivity index (χ3n) is 5.41. The third kappa shape index (κ3) is 5.70. The largest absolute Gasteiger partial charge is 0.490 e. The second-order valence-corrected chi connectivity index (χ2v) is 8.87. The van der Waals surface area contributed by atoms with E-state index in [1.807, 2.05) is 13.8 Å². The van der Waals surface area contributed by atoms with Gasteiger partial charge in [0.15, 0.2) is 11.9 Å². The van der Waals surface area contributed by atoms with E-state index in [0.29, 0.717) is 27.6 Å². The number of fused-ring (bicyclic) bond motifs is 1. The minimum atomic E-state index is -1.35. The molecule has 1 aromatic heterocycles. The predicted molar refractivity (Wildman–Crippen MR) is 137 cm³/mol. The van der Waals surface area contributed by atoms with Crippen molar-refractivity contribution in [2.75, 3.05) is 6.61 Å². The zero-order chi connectivity index (χ0) is 26.6. The van der Waals surface area contributed by atoms with Crippen molar-refractivity contribution in [1.82, 2.24) is 9.66 Å². The standard InChI is InChI=1S/C24H25BrN4O7/c1-5-13(3)22-27-18-8-7-16(25)11-17(18)23(30)28(22)26-12-15-9-19(29(33)34)21(20(10-15)35-6-2)36-14(4)24(31)32/h7-14H,5-6H2,1-4H3,(H,31,32)/t13-,14+/m1/s1. The molecule has 1 heterocycles. The second-order valence-electron chi connectivity index (χ2n) is 7.96. The molecule has 0 aliphatic carbocycles. The molecule has 11 nitrogen and oxygen atoms in total. The first-order valence-corrected chi connectivity index (χ1v) is 12.0. The van der Waals surface area contributed by atoms with Gasteiger partial charge in [0.2, 0.25) is 5.75 Å². The molecule has 3 aromatic rings. The summed E-state index contributed by atoms with van der Waals surface area (Å²) in [4.78, 5) is 40.3. The van der Waals surface area contributed by atoms with Gasteiger partial charge in [-0.05, 0) is 44.5 Å². The van der Waals surface area contributed by atoms with Gasteiger partial charge in [0, 0.05) is 22.0 Å². The van der Waals surface area contributed by atoms with Crippen LogP contribution in [0.3, 0.4) is 0 Å². The Balaban J connectivity index is 2.18. The fraction of sp³-hybridized carbons (Fsp3) is 0.333. The molecule has 12 heteroatoms. The molecular weight excluding hydrogens is 536 g/mol. The van der Waals surface area contributed by atoms with E-state index in [0.717, 1.165) is 0 Å². The molecule has 190 valence electrons. The van der Waals surface area contributed by atoms with Crippen LogP contribution in [-0.2, 0) is 4.79 Å². The van der Waals surface area contributed by atoms with Crippen molar-refractivity contribution in [2.24, 2.45) is 5.10 Å². The quantitative estimate of drug-likeness (QED) is 0.213. The lowest BCUT2D eigenvalue weighted by atomic mass is 10.1. The third-order valence-corrected chi connectivity index (χ3v) is 5.90. The highest BCUT2D eigenvalue weighted by Crippen LogP contribution is 2.39. The lowest BCUT2D eigenvalue weighted by Crippen LogP contribution is -2.24. The highest BCUT2D eigenvalue weighted by Gasteiger charge is 2.26. The van der Waals surface area contributed by atoms with E-state index in [-0.39, 0.29) is 35.1 Å². The summed E-state index contributed by atoms with van der Waals surface area (Å²) >= 11 is 3.36. The number of nitro benzene ring substituents is 1. The molecule has 0 aliphatic heterocycles. The summed E-state index contributed by atoms with van der Waals surface area (Å²) in [6, 6.07) is 7.81. The molecule has 0 fully saturated rings. The lowest BCUT2D eigenvalue weighted by molar-refractivity contribution is -0.386. The van der Waals surface area contributed by atoms with E-state index in [9.17, 15) is 19.7 Å². The average Bonchev–Trinajstić information content (AvgIpc) is 2.84. The molecule has 2 aromatic carbocycles. The number of nitrogens with zero attached hydrogens (tertiary/aromatic N) is 4. The van der Waals surface area contributed by atoms with Crippen molar-refractivity contribution in [3.8, 4) is 11.5 Å². The first kappa shape index (κ1) is 26.8. The van der Waals surface area contributed by atoms with E-state index in [1.165, 1.54) is 29.9 Å². The summed E-state index contributed by atoms with van der Waals surface area (Å²) in [6.45, 7) is 6.97. The van der Waals surface area contributed by atoms with Gasteiger partial charge in [-0.25, -0.2) is 9.78 Å². The maximum absolute atomic E-state index is 13.3. The summed E-state index contributed by atoms with van der Waals surface area (Å²) < 4.78 is 12.7. The van der Waals surface area contributed by atoms with Crippen LogP contribution in [0.4, 0.5) is 5.69 Å². The van der Waals surface area contributed by atoms with Crippen LogP contribution >= 0.6 is 15.9 Å². The molecule has 0 saturated heterocycles. The molecule has 0 aliphatic rings. The smallest absolute Gasteiger partial charge is 0.344 e. The fourth-order valence-corrected chi connectivity index (χ4v) is 3.69. The van der Waals surface area contributed by atoms with E-state index in [2.05, 4.69) is 26.0 Å². The van der Waals surface area contributed by atoms with Crippen LogP contribution in [0.25, 0.3) is 10.9 Å². The average molecular weight is 561 g/mol. The molecule has 0 amide bonds. The van der Waals surface area contributed by atoms with E-state index in [4.69, 9.17) is 14.6 Å². The number of carbonyl (C=O) groups is 1. The van der Waals surface area contributed by atoms with Crippen LogP contribution < -0.4 is 15.0 Å². The van der Waals surface area contributed by atoms with Crippen molar-refractivity contribution in [3.05, 3.63) is 66.7 Å². The highest BCUT2D eigenvalue weighted by molar-refractivity contribution is 9.10. The molecule has 0 unspecified atom stereocenters. The number of carboxylic acid groups (broad SMARTS) is 1. The number of rotatable bonds is 10. The monoisotopic (exact) mass is 560 g/mol. The molecule has 36 heavy (non-hydrogen) atoms. The van der Waals surface area contributed by atoms with Crippen molar-refractivity contribution in [3.63, 3.8) is 0 Å². The maximum atomic E-state index is 13.3. The molecule has 1 N–H and O–H groups in total. The molecule has 3 rings (SSSR count). The van der Waals surface area contributed by atoms with Crippen molar-refractivity contribution in [1.29, 1.82) is 0 Å². The van der Waals surface area contributed by atoms with Gasteiger partial charge in [-0.1, -0.05) is 29.8 Å². The van der Waals surface area contributed by atoms with E-state index < -0.39 is 22.7 Å². The summed E-state index contributed by atoms with van der Waals surface area (Å²) in [5.74, 6) is -1.25. The fourth-order valence-electron chi connectivity index (χ4n) is 3.33. The number of halogens is 1. The zero-order valence-electron chi connectivity index (χ0n) is 20.1. The van der Waals surface area contributed by atoms with Gasteiger partial charge in [0.05, 0.1) is 28.6 Å². The maximum Gasteiger partial charge on any atom is 0.344 e. The Labute approximate surface area is 214 Å². The Morgan fingerprint density at radius 1 is 1.31 bits per heavy atom. The number of carboxylic acids is 1. The Bertz CT molecular complexity index is 1400. The number of aliphatic carboxylic acids is 1. The normalized spacial score (nSPS) is 13.0. The van der Waals surface area contributed by atoms with Crippen LogP contribution in [0.2, 0.25) is 0 Å². The number of benzene rings is 2. The second kappa shape index (κ2) is 11.3. The number of aromatic nitrogens is 2. The van der Waals surface area contributed by atoms with Gasteiger partial charge in [0.25, 0.3) is 5.56 Å². The summed E-state index contributed by atoms with van der Waals surface area (Å²) in [5.41, 5.74) is -0.0988. The molecule has 0 bridgehead atoms. The van der Waals surface area contributed by atoms with E-state index in [1.54, 1.807) is 25.1 Å². The minimum absolute atomic E-state index is 0.0173. The Morgan fingerprint density at radius 2 is 2.03 bits per heavy atom. The first-order chi connectivity index (χ1) is 17.1. The molecule has 0 radical (unpaired) electrons. The number of nitro groups is 1. The highest BCUT2D eigenvalue weighted by atomic mass is 79.9. The summed E-state index contributed by atoms with van der Waals surface area (Å²) in [5, 5.41) is 25.6. The van der Waals surface area contributed by atoms with Crippen molar-refractivity contribution >= 4 is 44.7 Å². The Kier molecular flexibility index (Phi) is 8.41. The van der Waals surface area contributed by atoms with Crippen LogP contribution in [0, 0.1) is 10.1 Å². The number of hydrogen-bond donors (Lipinski definition) is 1. The van der Waals surface area contributed by atoms with Crippen molar-refractivity contribution in [2.45, 2.75) is 46.1 Å². The first-order valence-electron chi connectivity index (χ1n) is 11.2. The van der Waals surface area contributed by atoms with Crippen LogP contribution in [-0.4, -0.2) is 44.6 Å². The molecule has 2 atom stereocenters. The van der Waals surface area contributed by atoms with Gasteiger partial charge in [-0.15, -0.1) is 0 Å². The van der Waals surface area contributed by atoms with Gasteiger partial charge in [0.1, 0.15) is 5.82 Å². The zero-order valence-corrected chi connectivity index (χ0v) is 21.7. The van der Waals surface area contributed by atoms with Gasteiger partial charge >= 0.3 is 11.7 Å². The van der Waals surface area contributed by atoms with Gasteiger partial charge < -0.3 is 14.6 Å². The Morgan fingerprint density at radius 3 is 2.64 bits per heavy atom. The number of ether oxygens (including phenoxy) is 2. The van der Waals surface area contributed by atoms with E-state index >= 15 is 0 Å². The van der Waals surface area contributed by atoms with Crippen LogP contribution in [0.1, 0.15) is 51.4 Å².